The molecule has 1 aromatic heterocycles. The maximum atomic E-state index is 11.2. The highest BCUT2D eigenvalue weighted by Crippen LogP contribution is 2.28. The number of anilines is 1. The summed E-state index contributed by atoms with van der Waals surface area (Å²) in [6.07, 6.45) is 1.11. The van der Waals surface area contributed by atoms with E-state index in [4.69, 9.17) is 0 Å². The third-order valence-electron chi connectivity index (χ3n) is 4.30. The van der Waals surface area contributed by atoms with Crippen LogP contribution in [0.5, 0.6) is 0 Å². The Morgan fingerprint density at radius 1 is 1.28 bits per heavy atom. The first-order valence-corrected chi connectivity index (χ1v) is 9.30. The molecule has 1 amide bonds. The average molecular weight is 380 g/mol. The van der Waals surface area contributed by atoms with Crippen molar-refractivity contribution in [2.75, 3.05) is 25.0 Å². The molecule has 0 aliphatic carbocycles. The monoisotopic (exact) mass is 379 g/mol. The van der Waals surface area contributed by atoms with Gasteiger partial charge in [0, 0.05) is 55.1 Å². The second-order valence-electron chi connectivity index (χ2n) is 6.33. The number of carbonyl (C=O) groups is 1. The van der Waals surface area contributed by atoms with Gasteiger partial charge >= 0.3 is 0 Å². The van der Waals surface area contributed by atoms with Crippen LogP contribution < -0.4 is 10.6 Å². The molecular formula is C19H26ClN3OS. The molecule has 0 unspecified atom stereocenters. The summed E-state index contributed by atoms with van der Waals surface area (Å²) in [5.41, 5.74) is 4.08. The van der Waals surface area contributed by atoms with Gasteiger partial charge in [-0.25, -0.2) is 0 Å². The van der Waals surface area contributed by atoms with E-state index in [0.717, 1.165) is 32.6 Å². The summed E-state index contributed by atoms with van der Waals surface area (Å²) in [5, 5.41) is 6.43. The summed E-state index contributed by atoms with van der Waals surface area (Å²) < 4.78 is 0. The molecule has 0 fully saturated rings. The Morgan fingerprint density at radius 3 is 2.84 bits per heavy atom. The van der Waals surface area contributed by atoms with E-state index in [-0.39, 0.29) is 18.3 Å². The fourth-order valence-electron chi connectivity index (χ4n) is 3.18. The molecule has 2 N–H and O–H groups in total. The zero-order valence-electron chi connectivity index (χ0n) is 14.8. The Hall–Kier alpha value is -1.56. The van der Waals surface area contributed by atoms with Crippen LogP contribution in [0.4, 0.5) is 5.69 Å². The van der Waals surface area contributed by atoms with Gasteiger partial charge in [0.2, 0.25) is 5.91 Å². The van der Waals surface area contributed by atoms with Gasteiger partial charge in [-0.2, -0.15) is 0 Å². The van der Waals surface area contributed by atoms with Gasteiger partial charge in [-0.05, 0) is 36.6 Å². The first-order chi connectivity index (χ1) is 11.6. The average Bonchev–Trinajstić information content (AvgIpc) is 3.16. The van der Waals surface area contributed by atoms with Crippen molar-refractivity contribution in [3.8, 4) is 0 Å². The van der Waals surface area contributed by atoms with Gasteiger partial charge < -0.3 is 10.6 Å². The van der Waals surface area contributed by atoms with Gasteiger partial charge in [0.25, 0.3) is 0 Å². The molecule has 0 atom stereocenters. The highest BCUT2D eigenvalue weighted by Gasteiger charge is 2.16. The number of rotatable bonds is 7. The Bertz CT molecular complexity index is 716. The van der Waals surface area contributed by atoms with Gasteiger partial charge in [0.05, 0.1) is 0 Å². The van der Waals surface area contributed by atoms with Crippen LogP contribution >= 0.6 is 23.7 Å². The van der Waals surface area contributed by atoms with Crippen LogP contribution in [0.25, 0.3) is 0 Å². The largest absolute Gasteiger partial charge is 0.384 e. The molecule has 2 aromatic rings. The molecule has 0 saturated heterocycles. The molecular weight excluding hydrogens is 354 g/mol. The van der Waals surface area contributed by atoms with E-state index in [2.05, 4.69) is 52.8 Å². The second kappa shape index (κ2) is 9.22. The molecule has 2 heterocycles. The fourth-order valence-corrected chi connectivity index (χ4v) is 4.11. The normalized spacial score (nSPS) is 12.4. The van der Waals surface area contributed by atoms with E-state index in [0.29, 0.717) is 6.54 Å². The molecule has 136 valence electrons. The molecule has 0 saturated carbocycles. The van der Waals surface area contributed by atoms with Crippen molar-refractivity contribution in [3.05, 3.63) is 51.2 Å². The SMILES string of the molecule is CC(=O)NCCN(Cc1ccc(C)s1)Cc1cccc2c1NCC2.Cl. The molecule has 0 radical (unpaired) electrons. The number of amides is 1. The standard InChI is InChI=1S/C19H25N3OS.ClH/c1-14-6-7-18(24-14)13-22(11-10-20-15(2)23)12-17-5-3-4-16-8-9-21-19(16)17;/h3-7,21H,8-13H2,1-2H3,(H,20,23);1H. The molecule has 25 heavy (non-hydrogen) atoms. The quantitative estimate of drug-likeness (QED) is 0.772. The van der Waals surface area contributed by atoms with E-state index in [9.17, 15) is 4.79 Å². The van der Waals surface area contributed by atoms with E-state index in [1.54, 1.807) is 6.92 Å². The number of fused-ring (bicyclic) bond motifs is 1. The van der Waals surface area contributed by atoms with E-state index >= 15 is 0 Å². The first-order valence-electron chi connectivity index (χ1n) is 8.48. The number of hydrogen-bond donors (Lipinski definition) is 2. The Morgan fingerprint density at radius 2 is 2.12 bits per heavy atom. The Labute approximate surface area is 160 Å². The predicted molar refractivity (Wildman–Crippen MR) is 108 cm³/mol. The van der Waals surface area contributed by atoms with Crippen LogP contribution in [-0.2, 0) is 24.3 Å². The summed E-state index contributed by atoms with van der Waals surface area (Å²) >= 11 is 1.85. The van der Waals surface area contributed by atoms with Crippen LogP contribution in [0.15, 0.2) is 30.3 Å². The van der Waals surface area contributed by atoms with Crippen LogP contribution in [0, 0.1) is 6.92 Å². The van der Waals surface area contributed by atoms with E-state index < -0.39 is 0 Å². The maximum Gasteiger partial charge on any atom is 0.216 e. The number of carbonyl (C=O) groups excluding carboxylic acids is 1. The lowest BCUT2D eigenvalue weighted by Crippen LogP contribution is -2.33. The lowest BCUT2D eigenvalue weighted by molar-refractivity contribution is -0.119. The van der Waals surface area contributed by atoms with Gasteiger partial charge in [0.1, 0.15) is 0 Å². The van der Waals surface area contributed by atoms with Crippen LogP contribution in [0.3, 0.4) is 0 Å². The van der Waals surface area contributed by atoms with Crippen molar-refractivity contribution in [2.45, 2.75) is 33.4 Å². The van der Waals surface area contributed by atoms with Crippen LogP contribution in [-0.4, -0.2) is 30.4 Å². The molecule has 4 nitrogen and oxygen atoms in total. The minimum atomic E-state index is 0. The topological polar surface area (TPSA) is 44.4 Å². The number of nitrogens with one attached hydrogen (secondary N) is 2. The van der Waals surface area contributed by atoms with Gasteiger partial charge in [-0.1, -0.05) is 18.2 Å². The van der Waals surface area contributed by atoms with Crippen molar-refractivity contribution >= 4 is 35.3 Å². The van der Waals surface area contributed by atoms with Crippen molar-refractivity contribution < 1.29 is 4.79 Å². The molecule has 3 rings (SSSR count). The summed E-state index contributed by atoms with van der Waals surface area (Å²) in [7, 11) is 0. The number of nitrogens with zero attached hydrogens (tertiary/aromatic N) is 1. The highest BCUT2D eigenvalue weighted by molar-refractivity contribution is 7.11. The minimum absolute atomic E-state index is 0. The second-order valence-corrected chi connectivity index (χ2v) is 7.71. The van der Waals surface area contributed by atoms with E-state index in [1.807, 2.05) is 11.3 Å². The van der Waals surface area contributed by atoms with Crippen molar-refractivity contribution in [2.24, 2.45) is 0 Å². The van der Waals surface area contributed by atoms with Gasteiger partial charge in [-0.15, -0.1) is 23.7 Å². The van der Waals surface area contributed by atoms with Crippen LogP contribution in [0.2, 0.25) is 0 Å². The van der Waals surface area contributed by atoms with E-state index in [1.165, 1.54) is 26.6 Å². The summed E-state index contributed by atoms with van der Waals surface area (Å²) in [5.74, 6) is 0.0317. The van der Waals surface area contributed by atoms with Crippen LogP contribution in [0.1, 0.15) is 27.8 Å². The predicted octanol–water partition coefficient (Wildman–Crippen LogP) is 3.58. The fraction of sp³-hybridized carbons (Fsp3) is 0.421. The number of thiophene rings is 1. The highest BCUT2D eigenvalue weighted by atomic mass is 35.5. The molecule has 1 aliphatic rings. The lowest BCUT2D eigenvalue weighted by Gasteiger charge is -2.23. The molecule has 0 bridgehead atoms. The Kier molecular flexibility index (Phi) is 7.29. The zero-order valence-corrected chi connectivity index (χ0v) is 16.4. The number of halogens is 1. The number of benzene rings is 1. The lowest BCUT2D eigenvalue weighted by atomic mass is 10.1. The summed E-state index contributed by atoms with van der Waals surface area (Å²) in [6.45, 7) is 8.09. The molecule has 0 spiro atoms. The summed E-state index contributed by atoms with van der Waals surface area (Å²) in [6, 6.07) is 11.0. The molecule has 1 aromatic carbocycles. The summed E-state index contributed by atoms with van der Waals surface area (Å²) in [4.78, 5) is 16.3. The Balaban J connectivity index is 0.00000225. The first kappa shape index (κ1) is 19.8. The van der Waals surface area contributed by atoms with Crippen molar-refractivity contribution in [3.63, 3.8) is 0 Å². The smallest absolute Gasteiger partial charge is 0.216 e. The zero-order chi connectivity index (χ0) is 16.9. The number of hydrogen-bond acceptors (Lipinski definition) is 4. The minimum Gasteiger partial charge on any atom is -0.384 e. The third kappa shape index (κ3) is 5.46. The van der Waals surface area contributed by atoms with Gasteiger partial charge in [0.15, 0.2) is 0 Å². The molecule has 1 aliphatic heterocycles. The van der Waals surface area contributed by atoms with Crippen molar-refractivity contribution in [1.29, 1.82) is 0 Å². The van der Waals surface area contributed by atoms with Crippen molar-refractivity contribution in [1.82, 2.24) is 10.2 Å². The maximum absolute atomic E-state index is 11.2. The number of aryl methyl sites for hydroxylation is 1. The third-order valence-corrected chi connectivity index (χ3v) is 5.29. The molecule has 6 heteroatoms. The number of para-hydroxylation sites is 1. The van der Waals surface area contributed by atoms with Gasteiger partial charge in [-0.3, -0.25) is 9.69 Å².